The lowest BCUT2D eigenvalue weighted by Crippen LogP contribution is -2.61. The van der Waals surface area contributed by atoms with E-state index < -0.39 is 0 Å². The second-order valence-electron chi connectivity index (χ2n) is 10.0. The molecule has 1 N–H and O–H groups in total. The number of nitrogens with zero attached hydrogens (tertiary/aromatic N) is 3. The van der Waals surface area contributed by atoms with Crippen molar-refractivity contribution in [1.82, 2.24) is 14.7 Å². The van der Waals surface area contributed by atoms with Crippen molar-refractivity contribution in [3.63, 3.8) is 0 Å². The monoisotopic (exact) mass is 390 g/mol. The highest BCUT2D eigenvalue weighted by molar-refractivity contribution is 5.77. The Labute approximate surface area is 170 Å². The van der Waals surface area contributed by atoms with E-state index in [1.54, 1.807) is 0 Å². The van der Waals surface area contributed by atoms with Crippen LogP contribution in [0.25, 0.3) is 0 Å². The Balaban J connectivity index is 1.26. The minimum absolute atomic E-state index is 0.129. The van der Waals surface area contributed by atoms with E-state index in [0.29, 0.717) is 24.1 Å². The summed E-state index contributed by atoms with van der Waals surface area (Å²) in [5.41, 5.74) is 0.588. The maximum atomic E-state index is 12.0. The first-order valence-corrected chi connectivity index (χ1v) is 11.4. The smallest absolute Gasteiger partial charge is 0.409 e. The van der Waals surface area contributed by atoms with Crippen LogP contribution < -0.4 is 0 Å². The van der Waals surface area contributed by atoms with Gasteiger partial charge in [-0.15, -0.1) is 0 Å². The quantitative estimate of drug-likeness (QED) is 0.587. The van der Waals surface area contributed by atoms with Crippen LogP contribution in [0.5, 0.6) is 0 Å². The van der Waals surface area contributed by atoms with Gasteiger partial charge in [0, 0.05) is 43.8 Å². The second-order valence-corrected chi connectivity index (χ2v) is 10.0. The molecular formula is C22H38N4O2. The highest BCUT2D eigenvalue weighted by Crippen LogP contribution is 2.51. The maximum Gasteiger partial charge on any atom is 0.409 e. The van der Waals surface area contributed by atoms with E-state index in [-0.39, 0.29) is 11.6 Å². The molecule has 0 aromatic rings. The van der Waals surface area contributed by atoms with Gasteiger partial charge in [-0.2, -0.15) is 0 Å². The Hall–Kier alpha value is -1.30. The van der Waals surface area contributed by atoms with Crippen molar-refractivity contribution in [2.75, 3.05) is 32.8 Å². The number of carbonyl (C=O) groups excluding carboxylic acids is 1. The standard InChI is InChI=1S/C22H38N4O2/c1-4-28-20(27)25-13-10-22(16-25)14-19(15-22)24-11-6-18(7-12-24)26(17(2)23)21(3)8-5-9-21/h18-19,23H,4-16H2,1-3H3. The number of hydrogen-bond acceptors (Lipinski definition) is 4. The van der Waals surface area contributed by atoms with Crippen LogP contribution in [-0.4, -0.2) is 77.0 Å². The molecule has 2 aliphatic heterocycles. The first-order valence-electron chi connectivity index (χ1n) is 11.4. The highest BCUT2D eigenvalue weighted by atomic mass is 16.6. The van der Waals surface area contributed by atoms with Crippen molar-refractivity contribution in [2.24, 2.45) is 5.41 Å². The summed E-state index contributed by atoms with van der Waals surface area (Å²) in [4.78, 5) is 19.0. The largest absolute Gasteiger partial charge is 0.450 e. The molecule has 0 aromatic carbocycles. The molecule has 1 amide bonds. The summed E-state index contributed by atoms with van der Waals surface area (Å²) >= 11 is 0. The lowest BCUT2D eigenvalue weighted by molar-refractivity contribution is -0.0258. The normalized spacial score (nSPS) is 32.7. The second kappa shape index (κ2) is 7.51. The van der Waals surface area contributed by atoms with Crippen LogP contribution in [0.3, 0.4) is 0 Å². The first-order chi connectivity index (χ1) is 13.4. The van der Waals surface area contributed by atoms with E-state index in [1.165, 1.54) is 44.9 Å². The average Bonchev–Trinajstić information content (AvgIpc) is 3.06. The summed E-state index contributed by atoms with van der Waals surface area (Å²) in [7, 11) is 0. The third-order valence-electron chi connectivity index (χ3n) is 8.06. The zero-order valence-corrected chi connectivity index (χ0v) is 18.0. The number of ether oxygens (including phenoxy) is 1. The fourth-order valence-corrected chi connectivity index (χ4v) is 6.40. The zero-order valence-electron chi connectivity index (χ0n) is 18.0. The number of nitrogens with one attached hydrogen (secondary N) is 1. The number of likely N-dealkylation sites (tertiary alicyclic amines) is 2. The molecule has 1 spiro atoms. The number of amidine groups is 1. The number of rotatable bonds is 4. The molecule has 2 heterocycles. The van der Waals surface area contributed by atoms with Gasteiger partial charge in [0.2, 0.25) is 0 Å². The van der Waals surface area contributed by atoms with Crippen molar-refractivity contribution < 1.29 is 9.53 Å². The topological polar surface area (TPSA) is 59.9 Å². The Morgan fingerprint density at radius 2 is 1.86 bits per heavy atom. The number of piperidine rings is 1. The molecule has 2 saturated carbocycles. The van der Waals surface area contributed by atoms with Crippen LogP contribution in [0.1, 0.15) is 72.1 Å². The molecule has 0 aromatic heterocycles. The molecule has 6 heteroatoms. The van der Waals surface area contributed by atoms with E-state index in [9.17, 15) is 4.79 Å². The van der Waals surface area contributed by atoms with Crippen LogP contribution in [-0.2, 0) is 4.74 Å². The van der Waals surface area contributed by atoms with Gasteiger partial charge in [-0.3, -0.25) is 5.41 Å². The fraction of sp³-hybridized carbons (Fsp3) is 0.909. The van der Waals surface area contributed by atoms with Crippen molar-refractivity contribution in [2.45, 2.75) is 89.8 Å². The Morgan fingerprint density at radius 3 is 2.39 bits per heavy atom. The molecule has 0 bridgehead atoms. The van der Waals surface area contributed by atoms with E-state index in [2.05, 4.69) is 16.7 Å². The Bertz CT molecular complexity index is 604. The van der Waals surface area contributed by atoms with Crippen LogP contribution >= 0.6 is 0 Å². The van der Waals surface area contributed by atoms with Crippen molar-refractivity contribution in [3.8, 4) is 0 Å². The summed E-state index contributed by atoms with van der Waals surface area (Å²) in [5.74, 6) is 0.758. The lowest BCUT2D eigenvalue weighted by Gasteiger charge is -2.56. The molecule has 28 heavy (non-hydrogen) atoms. The number of amides is 1. The molecular weight excluding hydrogens is 352 g/mol. The summed E-state index contributed by atoms with van der Waals surface area (Å²) in [6.07, 6.45) is 9.64. The molecule has 4 fully saturated rings. The Morgan fingerprint density at radius 1 is 1.18 bits per heavy atom. The van der Waals surface area contributed by atoms with Crippen LogP contribution in [0.2, 0.25) is 0 Å². The molecule has 4 aliphatic rings. The summed E-state index contributed by atoms with van der Waals surface area (Å²) in [6, 6.07) is 1.23. The van der Waals surface area contributed by atoms with Gasteiger partial charge in [-0.1, -0.05) is 0 Å². The van der Waals surface area contributed by atoms with E-state index in [4.69, 9.17) is 10.1 Å². The summed E-state index contributed by atoms with van der Waals surface area (Å²) < 4.78 is 5.18. The van der Waals surface area contributed by atoms with Crippen molar-refractivity contribution in [1.29, 1.82) is 5.41 Å². The highest BCUT2D eigenvalue weighted by Gasteiger charge is 2.52. The third-order valence-corrected chi connectivity index (χ3v) is 8.06. The molecule has 4 rings (SSSR count). The fourth-order valence-electron chi connectivity index (χ4n) is 6.40. The molecule has 0 unspecified atom stereocenters. The molecule has 2 saturated heterocycles. The minimum atomic E-state index is -0.129. The molecule has 158 valence electrons. The molecule has 6 nitrogen and oxygen atoms in total. The van der Waals surface area contributed by atoms with Gasteiger partial charge in [-0.05, 0) is 77.6 Å². The maximum absolute atomic E-state index is 12.0. The minimum Gasteiger partial charge on any atom is -0.450 e. The number of carbonyl (C=O) groups is 1. The van der Waals surface area contributed by atoms with Crippen molar-refractivity contribution in [3.05, 3.63) is 0 Å². The summed E-state index contributed by atoms with van der Waals surface area (Å²) in [6.45, 7) is 10.7. The number of hydrogen-bond donors (Lipinski definition) is 1. The van der Waals surface area contributed by atoms with Crippen LogP contribution in [0, 0.1) is 10.8 Å². The van der Waals surface area contributed by atoms with Crippen LogP contribution in [0.4, 0.5) is 4.79 Å². The lowest BCUT2D eigenvalue weighted by atomic mass is 9.64. The van der Waals surface area contributed by atoms with Crippen molar-refractivity contribution >= 4 is 11.9 Å². The first kappa shape index (κ1) is 20.0. The van der Waals surface area contributed by atoms with Gasteiger partial charge in [0.1, 0.15) is 0 Å². The predicted molar refractivity (Wildman–Crippen MR) is 111 cm³/mol. The van der Waals surface area contributed by atoms with Gasteiger partial charge in [-0.25, -0.2) is 4.79 Å². The van der Waals surface area contributed by atoms with Gasteiger partial charge in [0.05, 0.1) is 12.4 Å². The molecule has 2 aliphatic carbocycles. The summed E-state index contributed by atoms with van der Waals surface area (Å²) in [5, 5.41) is 8.33. The van der Waals surface area contributed by atoms with Gasteiger partial charge >= 0.3 is 6.09 Å². The third kappa shape index (κ3) is 3.53. The van der Waals surface area contributed by atoms with Gasteiger partial charge in [0.15, 0.2) is 0 Å². The molecule has 0 radical (unpaired) electrons. The zero-order chi connectivity index (χ0) is 19.9. The molecule has 0 atom stereocenters. The van der Waals surface area contributed by atoms with E-state index >= 15 is 0 Å². The SMILES string of the molecule is CCOC(=O)N1CCC2(CC(N3CCC(N(C(C)=N)C4(C)CCC4)CC3)C2)C1. The van der Waals surface area contributed by atoms with E-state index in [1.807, 2.05) is 18.7 Å². The Kier molecular flexibility index (Phi) is 5.36. The van der Waals surface area contributed by atoms with Gasteiger partial charge < -0.3 is 19.4 Å². The van der Waals surface area contributed by atoms with Gasteiger partial charge in [0.25, 0.3) is 0 Å². The predicted octanol–water partition coefficient (Wildman–Crippen LogP) is 3.70. The van der Waals surface area contributed by atoms with Crippen LogP contribution in [0.15, 0.2) is 0 Å². The average molecular weight is 391 g/mol. The van der Waals surface area contributed by atoms with E-state index in [0.717, 1.165) is 38.4 Å².